The van der Waals surface area contributed by atoms with E-state index in [-0.39, 0.29) is 35.3 Å². The van der Waals surface area contributed by atoms with E-state index in [9.17, 15) is 52.7 Å². The molecule has 284 valence electrons. The number of aromatic nitrogens is 2. The Hall–Kier alpha value is -5.16. The summed E-state index contributed by atoms with van der Waals surface area (Å²) in [6.07, 6.45) is -11.7. The number of rotatable bonds is 9. The highest BCUT2D eigenvalue weighted by Gasteiger charge is 2.73. The van der Waals surface area contributed by atoms with Crippen molar-refractivity contribution in [1.29, 1.82) is 0 Å². The minimum atomic E-state index is -6.23. The third-order valence-electron chi connectivity index (χ3n) is 9.48. The van der Waals surface area contributed by atoms with Crippen molar-refractivity contribution in [3.05, 3.63) is 148 Å². The number of halogens is 9. The summed E-state index contributed by atoms with van der Waals surface area (Å²) in [6, 6.07) is 14.5. The van der Waals surface area contributed by atoms with Crippen LogP contribution in [0.1, 0.15) is 44.7 Å². The molecule has 1 aliphatic rings. The summed E-state index contributed by atoms with van der Waals surface area (Å²) in [5.41, 5.74) is -6.33. The zero-order chi connectivity index (χ0) is 39.3. The van der Waals surface area contributed by atoms with Gasteiger partial charge < -0.3 is 9.47 Å². The van der Waals surface area contributed by atoms with Gasteiger partial charge in [0.1, 0.15) is 22.2 Å². The number of carbonyl (C=O) groups is 1. The standard InChI is InChI=1S/C37H27F9N2O5S/c1-52-33(49)22-5-13-27(14-6-22)48-32-17-18-34(19-23(32)20-47-48,54(50,51)28-15-11-26(38)12-16-28)24-7-9-25(10-8-24)35(36(41,42)43,37(44,45)46)53-21-29-30(39)3-2-4-31(29)40/h2-16,20H,17-19,21H2,1H3. The Balaban J connectivity index is 1.46. The molecule has 0 spiro atoms. The largest absolute Gasteiger partial charge is 0.465 e. The van der Waals surface area contributed by atoms with Gasteiger partial charge in [-0.15, -0.1) is 0 Å². The van der Waals surface area contributed by atoms with Gasteiger partial charge in [0, 0.05) is 16.8 Å². The molecule has 0 N–H and O–H groups in total. The van der Waals surface area contributed by atoms with Crippen LogP contribution in [-0.2, 0) is 49.1 Å². The van der Waals surface area contributed by atoms with E-state index in [0.717, 1.165) is 42.5 Å². The lowest BCUT2D eigenvalue weighted by Gasteiger charge is -2.39. The second-order valence-corrected chi connectivity index (χ2v) is 14.7. The van der Waals surface area contributed by atoms with Crippen LogP contribution in [0.2, 0.25) is 0 Å². The van der Waals surface area contributed by atoms with E-state index < -0.39 is 73.7 Å². The van der Waals surface area contributed by atoms with Crippen molar-refractivity contribution in [2.24, 2.45) is 0 Å². The summed E-state index contributed by atoms with van der Waals surface area (Å²) in [5.74, 6) is -4.22. The number of benzene rings is 4. The zero-order valence-corrected chi connectivity index (χ0v) is 28.6. The lowest BCUT2D eigenvalue weighted by Crippen LogP contribution is -2.56. The van der Waals surface area contributed by atoms with Crippen molar-refractivity contribution in [2.75, 3.05) is 7.11 Å². The van der Waals surface area contributed by atoms with Crippen molar-refractivity contribution < 1.29 is 62.2 Å². The Bertz CT molecular complexity index is 2250. The van der Waals surface area contributed by atoms with Crippen LogP contribution in [0.5, 0.6) is 0 Å². The highest BCUT2D eigenvalue weighted by Crippen LogP contribution is 2.54. The molecule has 0 fully saturated rings. The van der Waals surface area contributed by atoms with Crippen LogP contribution in [0.25, 0.3) is 5.69 Å². The maximum Gasteiger partial charge on any atom is 0.430 e. The molecule has 0 radical (unpaired) electrons. The molecular weight excluding hydrogens is 755 g/mol. The van der Waals surface area contributed by atoms with E-state index in [1.165, 1.54) is 30.1 Å². The average molecular weight is 783 g/mol. The second kappa shape index (κ2) is 13.9. The summed E-state index contributed by atoms with van der Waals surface area (Å²) in [7, 11) is -3.37. The molecular formula is C37H27F9N2O5S. The smallest absolute Gasteiger partial charge is 0.430 e. The fourth-order valence-corrected chi connectivity index (χ4v) is 8.79. The minimum absolute atomic E-state index is 0.0113. The number of hydrogen-bond donors (Lipinski definition) is 0. The fraction of sp³-hybridized carbons (Fsp3) is 0.243. The number of sulfone groups is 1. The molecule has 1 aliphatic carbocycles. The first-order chi connectivity index (χ1) is 25.4. The highest BCUT2D eigenvalue weighted by atomic mass is 32.2. The van der Waals surface area contributed by atoms with E-state index in [1.54, 1.807) is 12.1 Å². The van der Waals surface area contributed by atoms with E-state index in [4.69, 9.17) is 4.74 Å². The monoisotopic (exact) mass is 782 g/mol. The lowest BCUT2D eigenvalue weighted by molar-refractivity contribution is -0.392. The molecule has 17 heteroatoms. The molecule has 0 amide bonds. The molecule has 1 atom stereocenters. The van der Waals surface area contributed by atoms with Gasteiger partial charge in [0.15, 0.2) is 9.84 Å². The third kappa shape index (κ3) is 6.42. The van der Waals surface area contributed by atoms with Crippen molar-refractivity contribution >= 4 is 15.8 Å². The number of hydrogen-bond acceptors (Lipinski definition) is 6. The molecule has 6 rings (SSSR count). The van der Waals surface area contributed by atoms with Gasteiger partial charge in [-0.05, 0) is 91.1 Å². The molecule has 0 saturated carbocycles. The molecule has 0 bridgehead atoms. The summed E-state index contributed by atoms with van der Waals surface area (Å²) >= 11 is 0. The Morgan fingerprint density at radius 3 is 1.98 bits per heavy atom. The van der Waals surface area contributed by atoms with Gasteiger partial charge in [0.2, 0.25) is 0 Å². The molecule has 54 heavy (non-hydrogen) atoms. The SMILES string of the molecule is COC(=O)c1ccc(-n2ncc3c2CCC(c2ccc(C(OCc4c(F)cccc4F)(C(F)(F)F)C(F)(F)F)cc2)(S(=O)(=O)c2ccc(F)cc2)C3)cc1. The van der Waals surface area contributed by atoms with Gasteiger partial charge >= 0.3 is 18.3 Å². The molecule has 0 saturated heterocycles. The van der Waals surface area contributed by atoms with Crippen molar-refractivity contribution in [3.8, 4) is 5.69 Å². The summed E-state index contributed by atoms with van der Waals surface area (Å²) < 4.78 is 168. The van der Waals surface area contributed by atoms with Crippen LogP contribution in [0, 0.1) is 17.5 Å². The predicted molar refractivity (Wildman–Crippen MR) is 174 cm³/mol. The van der Waals surface area contributed by atoms with Crippen LogP contribution in [0.3, 0.4) is 0 Å². The van der Waals surface area contributed by atoms with Crippen LogP contribution < -0.4 is 0 Å². The lowest BCUT2D eigenvalue weighted by atomic mass is 9.80. The van der Waals surface area contributed by atoms with E-state index >= 15 is 0 Å². The van der Waals surface area contributed by atoms with E-state index in [0.29, 0.717) is 41.2 Å². The molecule has 7 nitrogen and oxygen atoms in total. The van der Waals surface area contributed by atoms with Gasteiger partial charge in [0.25, 0.3) is 5.60 Å². The molecule has 0 aliphatic heterocycles. The number of carbonyl (C=O) groups excluding carboxylic acids is 1. The van der Waals surface area contributed by atoms with Crippen LogP contribution >= 0.6 is 0 Å². The molecule has 4 aromatic carbocycles. The Labute approximate surface area is 301 Å². The maximum absolute atomic E-state index is 14.6. The van der Waals surface area contributed by atoms with Gasteiger partial charge in [-0.2, -0.15) is 31.4 Å². The molecule has 1 heterocycles. The van der Waals surface area contributed by atoms with Crippen LogP contribution in [-0.4, -0.2) is 43.6 Å². The number of nitrogens with zero attached hydrogens (tertiary/aromatic N) is 2. The Kier molecular flexibility index (Phi) is 9.94. The van der Waals surface area contributed by atoms with Crippen LogP contribution in [0.15, 0.2) is 102 Å². The van der Waals surface area contributed by atoms with Gasteiger partial charge in [-0.1, -0.05) is 30.3 Å². The van der Waals surface area contributed by atoms with Gasteiger partial charge in [0.05, 0.1) is 36.1 Å². The van der Waals surface area contributed by atoms with Crippen LogP contribution in [0.4, 0.5) is 39.5 Å². The van der Waals surface area contributed by atoms with E-state index in [2.05, 4.69) is 9.84 Å². The molecule has 5 aromatic rings. The fourth-order valence-electron chi connectivity index (χ4n) is 6.68. The first-order valence-electron chi connectivity index (χ1n) is 15.9. The average Bonchev–Trinajstić information content (AvgIpc) is 3.55. The number of alkyl halides is 6. The minimum Gasteiger partial charge on any atom is -0.465 e. The first-order valence-corrected chi connectivity index (χ1v) is 17.4. The predicted octanol–water partition coefficient (Wildman–Crippen LogP) is 8.47. The second-order valence-electron chi connectivity index (χ2n) is 12.4. The topological polar surface area (TPSA) is 87.5 Å². The maximum atomic E-state index is 14.6. The van der Waals surface area contributed by atoms with Gasteiger partial charge in [-0.3, -0.25) is 0 Å². The van der Waals surface area contributed by atoms with E-state index in [1.807, 2.05) is 0 Å². The summed E-state index contributed by atoms with van der Waals surface area (Å²) in [4.78, 5) is 11.5. The normalized spacial score (nSPS) is 16.6. The Morgan fingerprint density at radius 2 is 1.43 bits per heavy atom. The highest BCUT2D eigenvalue weighted by molar-refractivity contribution is 7.92. The molecule has 1 unspecified atom stereocenters. The number of esters is 1. The third-order valence-corrected chi connectivity index (χ3v) is 12.0. The Morgan fingerprint density at radius 1 is 0.833 bits per heavy atom. The van der Waals surface area contributed by atoms with Crippen molar-refractivity contribution in [3.63, 3.8) is 0 Å². The zero-order valence-electron chi connectivity index (χ0n) is 27.8. The number of ether oxygens (including phenoxy) is 2. The summed E-state index contributed by atoms with van der Waals surface area (Å²) in [5, 5.41) is 4.38. The quantitative estimate of drug-likeness (QED) is 0.0848. The number of methoxy groups -OCH3 is 1. The van der Waals surface area contributed by atoms with Crippen molar-refractivity contribution in [1.82, 2.24) is 9.78 Å². The number of fused-ring (bicyclic) bond motifs is 1. The summed E-state index contributed by atoms with van der Waals surface area (Å²) in [6.45, 7) is -1.76. The molecule has 1 aromatic heterocycles. The first kappa shape index (κ1) is 38.6. The van der Waals surface area contributed by atoms with Gasteiger partial charge in [-0.25, -0.2) is 31.1 Å². The van der Waals surface area contributed by atoms with Crippen molar-refractivity contribution in [2.45, 2.75) is 53.5 Å².